The average Bonchev–Trinajstić information content (AvgIpc) is 2.12. The summed E-state index contributed by atoms with van der Waals surface area (Å²) in [6.07, 6.45) is 3.87. The SMILES string of the molecule is COP1(=O)CCC(CSC)CN1C. The first-order valence-electron chi connectivity index (χ1n) is 4.47. The maximum atomic E-state index is 12.0. The Balaban J connectivity index is 2.51. The molecule has 1 fully saturated rings. The zero-order valence-corrected chi connectivity index (χ0v) is 10.2. The van der Waals surface area contributed by atoms with E-state index in [9.17, 15) is 4.57 Å². The van der Waals surface area contributed by atoms with E-state index in [1.54, 1.807) is 7.11 Å². The third-order valence-electron chi connectivity index (χ3n) is 2.55. The molecule has 0 amide bonds. The first-order chi connectivity index (χ1) is 6.12. The number of nitrogens with zero attached hydrogens (tertiary/aromatic N) is 1. The zero-order valence-electron chi connectivity index (χ0n) is 8.52. The summed E-state index contributed by atoms with van der Waals surface area (Å²) in [5.41, 5.74) is 0. The predicted octanol–water partition coefficient (Wildman–Crippen LogP) is 2.14. The second kappa shape index (κ2) is 4.83. The fourth-order valence-corrected chi connectivity index (χ4v) is 4.43. The van der Waals surface area contributed by atoms with Crippen LogP contribution in [0.4, 0.5) is 0 Å². The third-order valence-corrected chi connectivity index (χ3v) is 5.95. The maximum Gasteiger partial charge on any atom is 0.271 e. The molecule has 0 aromatic heterocycles. The van der Waals surface area contributed by atoms with Crippen molar-refractivity contribution in [3.05, 3.63) is 0 Å². The van der Waals surface area contributed by atoms with Gasteiger partial charge in [0.25, 0.3) is 7.52 Å². The molecule has 0 aromatic rings. The van der Waals surface area contributed by atoms with Crippen LogP contribution in [0.2, 0.25) is 0 Å². The van der Waals surface area contributed by atoms with Crippen LogP contribution in [-0.4, -0.2) is 43.5 Å². The molecular weight excluding hydrogens is 205 g/mol. The number of hydrogen-bond donors (Lipinski definition) is 0. The van der Waals surface area contributed by atoms with Gasteiger partial charge in [-0.2, -0.15) is 11.8 Å². The van der Waals surface area contributed by atoms with Gasteiger partial charge in [-0.15, -0.1) is 0 Å². The largest absolute Gasteiger partial charge is 0.321 e. The summed E-state index contributed by atoms with van der Waals surface area (Å²) in [7, 11) is 1.03. The third kappa shape index (κ3) is 2.72. The molecule has 13 heavy (non-hydrogen) atoms. The highest BCUT2D eigenvalue weighted by atomic mass is 32.2. The molecule has 0 spiro atoms. The van der Waals surface area contributed by atoms with E-state index in [4.69, 9.17) is 4.52 Å². The molecule has 3 nitrogen and oxygen atoms in total. The molecule has 78 valence electrons. The van der Waals surface area contributed by atoms with Gasteiger partial charge in [-0.05, 0) is 31.4 Å². The monoisotopic (exact) mass is 223 g/mol. The Hall–Kier alpha value is 0.500. The molecule has 0 saturated carbocycles. The van der Waals surface area contributed by atoms with Gasteiger partial charge in [0.1, 0.15) is 0 Å². The normalized spacial score (nSPS) is 36.4. The van der Waals surface area contributed by atoms with Gasteiger partial charge >= 0.3 is 0 Å². The van der Waals surface area contributed by atoms with Gasteiger partial charge in [0.05, 0.1) is 0 Å². The van der Waals surface area contributed by atoms with E-state index >= 15 is 0 Å². The minimum Gasteiger partial charge on any atom is -0.321 e. The van der Waals surface area contributed by atoms with Crippen LogP contribution in [0.1, 0.15) is 6.42 Å². The van der Waals surface area contributed by atoms with Crippen molar-refractivity contribution in [2.45, 2.75) is 6.42 Å². The quantitative estimate of drug-likeness (QED) is 0.686. The van der Waals surface area contributed by atoms with Crippen LogP contribution in [0.3, 0.4) is 0 Å². The van der Waals surface area contributed by atoms with E-state index in [0.717, 1.165) is 18.7 Å². The molecular formula is C8H18NO2PS. The molecule has 1 aliphatic heterocycles. The van der Waals surface area contributed by atoms with Crippen molar-refractivity contribution < 1.29 is 9.09 Å². The Labute approximate surface area is 84.7 Å². The van der Waals surface area contributed by atoms with E-state index < -0.39 is 7.52 Å². The highest BCUT2D eigenvalue weighted by Gasteiger charge is 2.34. The van der Waals surface area contributed by atoms with Gasteiger partial charge in [-0.1, -0.05) is 0 Å². The molecule has 2 atom stereocenters. The summed E-state index contributed by atoms with van der Waals surface area (Å²) in [6, 6.07) is 0. The average molecular weight is 223 g/mol. The van der Waals surface area contributed by atoms with Gasteiger partial charge in [0.2, 0.25) is 0 Å². The Bertz CT molecular complexity index is 212. The molecule has 1 heterocycles. The summed E-state index contributed by atoms with van der Waals surface area (Å²) < 4.78 is 19.0. The summed E-state index contributed by atoms with van der Waals surface area (Å²) in [6.45, 7) is 0.909. The molecule has 2 unspecified atom stereocenters. The van der Waals surface area contributed by atoms with Crippen LogP contribution in [-0.2, 0) is 9.09 Å². The standard InChI is InChI=1S/C8H18NO2PS/c1-9-6-8(7-13-3)4-5-12(9,10)11-2/h8H,4-7H2,1-3H3. The minimum atomic E-state index is -2.42. The summed E-state index contributed by atoms with van der Waals surface area (Å²) in [4.78, 5) is 0. The molecule has 0 bridgehead atoms. The van der Waals surface area contributed by atoms with Crippen LogP contribution in [0.5, 0.6) is 0 Å². The van der Waals surface area contributed by atoms with Gasteiger partial charge < -0.3 is 4.52 Å². The van der Waals surface area contributed by atoms with Crippen LogP contribution in [0.25, 0.3) is 0 Å². The van der Waals surface area contributed by atoms with Crippen LogP contribution in [0, 0.1) is 5.92 Å². The van der Waals surface area contributed by atoms with Crippen LogP contribution in [0.15, 0.2) is 0 Å². The van der Waals surface area contributed by atoms with Crippen molar-refractivity contribution in [3.8, 4) is 0 Å². The molecule has 1 rings (SSSR count). The van der Waals surface area contributed by atoms with E-state index in [-0.39, 0.29) is 0 Å². The van der Waals surface area contributed by atoms with Crippen molar-refractivity contribution in [1.29, 1.82) is 0 Å². The first-order valence-corrected chi connectivity index (χ1v) is 7.63. The highest BCUT2D eigenvalue weighted by Crippen LogP contribution is 2.53. The predicted molar refractivity (Wildman–Crippen MR) is 58.6 cm³/mol. The second-order valence-electron chi connectivity index (χ2n) is 3.49. The lowest BCUT2D eigenvalue weighted by Crippen LogP contribution is -2.32. The van der Waals surface area contributed by atoms with Gasteiger partial charge in [0, 0.05) is 19.8 Å². The van der Waals surface area contributed by atoms with Crippen molar-refractivity contribution in [3.63, 3.8) is 0 Å². The van der Waals surface area contributed by atoms with Gasteiger partial charge in [0.15, 0.2) is 0 Å². The lowest BCUT2D eigenvalue weighted by Gasteiger charge is -2.35. The van der Waals surface area contributed by atoms with Crippen molar-refractivity contribution >= 4 is 19.3 Å². The van der Waals surface area contributed by atoms with Crippen molar-refractivity contribution in [2.24, 2.45) is 5.92 Å². The number of rotatable bonds is 3. The molecule has 0 aromatic carbocycles. The Morgan fingerprint density at radius 3 is 2.85 bits per heavy atom. The summed E-state index contributed by atoms with van der Waals surface area (Å²) >= 11 is 1.86. The van der Waals surface area contributed by atoms with E-state index in [2.05, 4.69) is 6.26 Å². The van der Waals surface area contributed by atoms with E-state index in [0.29, 0.717) is 12.1 Å². The fourth-order valence-electron chi connectivity index (χ4n) is 1.71. The van der Waals surface area contributed by atoms with Gasteiger partial charge in [-0.25, -0.2) is 4.67 Å². The number of hydrogen-bond acceptors (Lipinski definition) is 3. The van der Waals surface area contributed by atoms with Crippen molar-refractivity contribution in [2.75, 3.05) is 38.9 Å². The smallest absolute Gasteiger partial charge is 0.271 e. The molecule has 5 heteroatoms. The first kappa shape index (κ1) is 11.6. The Morgan fingerprint density at radius 1 is 1.69 bits per heavy atom. The van der Waals surface area contributed by atoms with Crippen molar-refractivity contribution in [1.82, 2.24) is 4.67 Å². The molecule has 0 radical (unpaired) electrons. The molecule has 1 aliphatic rings. The summed E-state index contributed by atoms with van der Waals surface area (Å²) in [5.74, 6) is 1.84. The Morgan fingerprint density at radius 2 is 2.38 bits per heavy atom. The lowest BCUT2D eigenvalue weighted by molar-refractivity contribution is 0.283. The summed E-state index contributed by atoms with van der Waals surface area (Å²) in [5, 5.41) is 0. The lowest BCUT2D eigenvalue weighted by atomic mass is 10.1. The van der Waals surface area contributed by atoms with E-state index in [1.165, 1.54) is 0 Å². The maximum absolute atomic E-state index is 12.0. The minimum absolute atomic E-state index is 0.678. The molecule has 0 N–H and O–H groups in total. The fraction of sp³-hybridized carbons (Fsp3) is 1.00. The topological polar surface area (TPSA) is 29.5 Å². The number of thioether (sulfide) groups is 1. The Kier molecular flexibility index (Phi) is 4.30. The molecule has 1 saturated heterocycles. The second-order valence-corrected chi connectivity index (χ2v) is 7.17. The van der Waals surface area contributed by atoms with Gasteiger partial charge in [-0.3, -0.25) is 4.57 Å². The zero-order chi connectivity index (χ0) is 9.90. The van der Waals surface area contributed by atoms with E-state index in [1.807, 2.05) is 23.5 Å². The van der Waals surface area contributed by atoms with Crippen LogP contribution < -0.4 is 0 Å². The highest BCUT2D eigenvalue weighted by molar-refractivity contribution is 7.98. The van der Waals surface area contributed by atoms with Crippen LogP contribution >= 0.6 is 19.3 Å². The molecule has 0 aliphatic carbocycles.